The van der Waals surface area contributed by atoms with Crippen LogP contribution in [-0.4, -0.2) is 47.5 Å². The van der Waals surface area contributed by atoms with E-state index < -0.39 is 24.4 Å². The second kappa shape index (κ2) is 10.8. The average molecular weight is 453 g/mol. The summed E-state index contributed by atoms with van der Waals surface area (Å²) in [5.74, 6) is -2.03. The molecule has 0 spiro atoms. The Labute approximate surface area is 184 Å². The van der Waals surface area contributed by atoms with Gasteiger partial charge in [0.05, 0.1) is 17.3 Å². The van der Waals surface area contributed by atoms with Crippen molar-refractivity contribution in [2.45, 2.75) is 20.3 Å². The number of rotatable bonds is 8. The molecule has 0 bridgehead atoms. The van der Waals surface area contributed by atoms with Gasteiger partial charge in [-0.2, -0.15) is 0 Å². The molecule has 2 N–H and O–H groups in total. The lowest BCUT2D eigenvalue weighted by molar-refractivity contribution is -0.137. The van der Waals surface area contributed by atoms with E-state index in [1.165, 1.54) is 17.0 Å². The highest BCUT2D eigenvalue weighted by Crippen LogP contribution is 2.25. The van der Waals surface area contributed by atoms with Crippen LogP contribution in [0.3, 0.4) is 0 Å². The third-order valence-electron chi connectivity index (χ3n) is 4.17. The molecule has 2 amide bonds. The summed E-state index contributed by atoms with van der Waals surface area (Å²) >= 11 is 11.9. The predicted octanol–water partition coefficient (Wildman–Crippen LogP) is 4.04. The van der Waals surface area contributed by atoms with Gasteiger partial charge in [-0.1, -0.05) is 42.3 Å². The van der Waals surface area contributed by atoms with E-state index in [2.05, 4.69) is 5.32 Å². The first-order chi connectivity index (χ1) is 14.2. The summed E-state index contributed by atoms with van der Waals surface area (Å²) in [6.07, 6.45) is 0.601. The van der Waals surface area contributed by atoms with Crippen molar-refractivity contribution in [3.8, 4) is 5.75 Å². The van der Waals surface area contributed by atoms with Gasteiger partial charge in [0.15, 0.2) is 6.61 Å². The Morgan fingerprint density at radius 1 is 1.17 bits per heavy atom. The predicted molar refractivity (Wildman–Crippen MR) is 115 cm³/mol. The summed E-state index contributed by atoms with van der Waals surface area (Å²) in [6.45, 7) is 2.98. The number of carbonyl (C=O) groups excluding carboxylic acids is 3. The normalized spacial score (nSPS) is 10.4. The number of hydrogen-bond acceptors (Lipinski definition) is 5. The molecule has 30 heavy (non-hydrogen) atoms. The Hall–Kier alpha value is -2.77. The van der Waals surface area contributed by atoms with Gasteiger partial charge in [-0.15, -0.1) is 0 Å². The number of halogens is 2. The van der Waals surface area contributed by atoms with Crippen LogP contribution in [0, 0.1) is 6.92 Å². The third kappa shape index (κ3) is 6.37. The number of benzene rings is 2. The van der Waals surface area contributed by atoms with Crippen LogP contribution in [0.2, 0.25) is 10.0 Å². The number of ether oxygens (including phenoxy) is 1. The standard InChI is InChI=1S/C21H22Cl2N2O5/c1-3-9-25(11-18(26)24-17-10-14(22)7-8-16(17)23)19(27)12-30-21(29)15-6-4-5-13(2)20(15)28/h4-8,10,28H,3,9,11-12H2,1-2H3,(H,24,26). The molecular weight excluding hydrogens is 431 g/mol. The van der Waals surface area contributed by atoms with Crippen molar-refractivity contribution in [1.82, 2.24) is 4.90 Å². The van der Waals surface area contributed by atoms with Crippen molar-refractivity contribution in [2.24, 2.45) is 0 Å². The SMILES string of the molecule is CCCN(CC(=O)Nc1cc(Cl)ccc1Cl)C(=O)COC(=O)c1cccc(C)c1O. The summed E-state index contributed by atoms with van der Waals surface area (Å²) in [7, 11) is 0. The lowest BCUT2D eigenvalue weighted by Crippen LogP contribution is -2.40. The second-order valence-electron chi connectivity index (χ2n) is 6.53. The monoisotopic (exact) mass is 452 g/mol. The molecule has 0 fully saturated rings. The van der Waals surface area contributed by atoms with Crippen LogP contribution >= 0.6 is 23.2 Å². The van der Waals surface area contributed by atoms with Gasteiger partial charge in [0, 0.05) is 11.6 Å². The maximum absolute atomic E-state index is 12.5. The molecule has 0 unspecified atom stereocenters. The van der Waals surface area contributed by atoms with Gasteiger partial charge in [0.2, 0.25) is 5.91 Å². The summed E-state index contributed by atoms with van der Waals surface area (Å²) in [4.78, 5) is 38.3. The maximum atomic E-state index is 12.5. The minimum atomic E-state index is -0.823. The topological polar surface area (TPSA) is 95.9 Å². The molecule has 0 aliphatic rings. The molecule has 0 atom stereocenters. The Morgan fingerprint density at radius 3 is 2.60 bits per heavy atom. The number of esters is 1. The third-order valence-corrected chi connectivity index (χ3v) is 4.73. The van der Waals surface area contributed by atoms with E-state index in [0.29, 0.717) is 34.3 Å². The van der Waals surface area contributed by atoms with E-state index >= 15 is 0 Å². The van der Waals surface area contributed by atoms with Crippen LogP contribution in [0.15, 0.2) is 36.4 Å². The van der Waals surface area contributed by atoms with Crippen molar-refractivity contribution < 1.29 is 24.2 Å². The summed E-state index contributed by atoms with van der Waals surface area (Å²) in [5.41, 5.74) is 0.817. The minimum Gasteiger partial charge on any atom is -0.507 e. The van der Waals surface area contributed by atoms with Gasteiger partial charge < -0.3 is 20.1 Å². The molecule has 2 aromatic carbocycles. The quantitative estimate of drug-likeness (QED) is 0.589. The number of aromatic hydroxyl groups is 1. The number of phenolic OH excluding ortho intramolecular Hbond substituents is 1. The van der Waals surface area contributed by atoms with E-state index in [1.807, 2.05) is 6.92 Å². The smallest absolute Gasteiger partial charge is 0.342 e. The minimum absolute atomic E-state index is 0.0295. The number of nitrogens with one attached hydrogen (secondary N) is 1. The summed E-state index contributed by atoms with van der Waals surface area (Å²) in [5, 5.41) is 13.3. The zero-order chi connectivity index (χ0) is 22.3. The van der Waals surface area contributed by atoms with Crippen LogP contribution < -0.4 is 5.32 Å². The van der Waals surface area contributed by atoms with E-state index in [-0.39, 0.29) is 17.9 Å². The van der Waals surface area contributed by atoms with E-state index in [9.17, 15) is 19.5 Å². The first-order valence-electron chi connectivity index (χ1n) is 9.21. The number of phenols is 1. The van der Waals surface area contributed by atoms with Gasteiger partial charge in [-0.05, 0) is 43.2 Å². The van der Waals surface area contributed by atoms with Crippen LogP contribution in [0.4, 0.5) is 5.69 Å². The first kappa shape index (κ1) is 23.5. The molecule has 0 aliphatic carbocycles. The van der Waals surface area contributed by atoms with E-state index in [4.69, 9.17) is 27.9 Å². The van der Waals surface area contributed by atoms with E-state index in [1.54, 1.807) is 31.2 Å². The lowest BCUT2D eigenvalue weighted by Gasteiger charge is -2.21. The Balaban J connectivity index is 1.98. The fourth-order valence-corrected chi connectivity index (χ4v) is 2.98. The van der Waals surface area contributed by atoms with Gasteiger partial charge in [0.1, 0.15) is 11.3 Å². The molecule has 0 radical (unpaired) electrons. The number of nitrogens with zero attached hydrogens (tertiary/aromatic N) is 1. The molecule has 2 rings (SSSR count). The zero-order valence-corrected chi connectivity index (χ0v) is 18.1. The Kier molecular flexibility index (Phi) is 8.50. The molecule has 0 heterocycles. The van der Waals surface area contributed by atoms with Gasteiger partial charge in [0.25, 0.3) is 5.91 Å². The summed E-state index contributed by atoms with van der Waals surface area (Å²) < 4.78 is 5.03. The Bertz CT molecular complexity index is 949. The fraction of sp³-hybridized carbons (Fsp3) is 0.286. The van der Waals surface area contributed by atoms with Gasteiger partial charge in [-0.25, -0.2) is 4.79 Å². The Morgan fingerprint density at radius 2 is 1.90 bits per heavy atom. The van der Waals surface area contributed by atoms with Gasteiger partial charge >= 0.3 is 5.97 Å². The highest BCUT2D eigenvalue weighted by molar-refractivity contribution is 6.35. The van der Waals surface area contributed by atoms with E-state index in [0.717, 1.165) is 0 Å². The lowest BCUT2D eigenvalue weighted by atomic mass is 10.1. The molecule has 160 valence electrons. The molecule has 0 saturated heterocycles. The molecule has 7 nitrogen and oxygen atoms in total. The highest BCUT2D eigenvalue weighted by Gasteiger charge is 2.21. The number of para-hydroxylation sites is 1. The second-order valence-corrected chi connectivity index (χ2v) is 7.38. The number of anilines is 1. The fourth-order valence-electron chi connectivity index (χ4n) is 2.64. The van der Waals surface area contributed by atoms with Crippen LogP contribution in [0.1, 0.15) is 29.3 Å². The van der Waals surface area contributed by atoms with Crippen molar-refractivity contribution in [1.29, 1.82) is 0 Å². The molecular formula is C21H22Cl2N2O5. The van der Waals surface area contributed by atoms with Crippen LogP contribution in [0.25, 0.3) is 0 Å². The summed E-state index contributed by atoms with van der Waals surface area (Å²) in [6, 6.07) is 9.29. The number of amides is 2. The largest absolute Gasteiger partial charge is 0.507 e. The zero-order valence-electron chi connectivity index (χ0n) is 16.6. The molecule has 0 aliphatic heterocycles. The molecule has 0 saturated carbocycles. The van der Waals surface area contributed by atoms with Gasteiger partial charge in [-0.3, -0.25) is 9.59 Å². The van der Waals surface area contributed by atoms with Crippen molar-refractivity contribution in [2.75, 3.05) is 25.0 Å². The number of aryl methyl sites for hydroxylation is 1. The van der Waals surface area contributed by atoms with Crippen molar-refractivity contribution in [3.63, 3.8) is 0 Å². The van der Waals surface area contributed by atoms with Crippen LogP contribution in [0.5, 0.6) is 5.75 Å². The molecule has 9 heteroatoms. The van der Waals surface area contributed by atoms with Crippen molar-refractivity contribution in [3.05, 3.63) is 57.6 Å². The van der Waals surface area contributed by atoms with Crippen LogP contribution in [-0.2, 0) is 14.3 Å². The average Bonchev–Trinajstić information content (AvgIpc) is 2.70. The highest BCUT2D eigenvalue weighted by atomic mass is 35.5. The maximum Gasteiger partial charge on any atom is 0.342 e. The number of hydrogen-bond donors (Lipinski definition) is 2. The molecule has 0 aromatic heterocycles. The first-order valence-corrected chi connectivity index (χ1v) is 9.96. The number of carbonyl (C=O) groups is 3. The molecule has 2 aromatic rings. The van der Waals surface area contributed by atoms with Crippen molar-refractivity contribution >= 4 is 46.7 Å².